The maximum absolute atomic E-state index is 6.07. The Morgan fingerprint density at radius 3 is 2.64 bits per heavy atom. The summed E-state index contributed by atoms with van der Waals surface area (Å²) in [6, 6.07) is 10.3. The lowest BCUT2D eigenvalue weighted by Crippen LogP contribution is -2.38. The number of pyridine rings is 1. The fourth-order valence-corrected chi connectivity index (χ4v) is 4.39. The van der Waals surface area contributed by atoms with Gasteiger partial charge in [-0.3, -0.25) is 10.3 Å². The molecule has 4 heterocycles. The number of morpholine rings is 2. The van der Waals surface area contributed by atoms with Gasteiger partial charge < -0.3 is 29.0 Å². The number of hydrogen-bond acceptors (Lipinski definition) is 9. The summed E-state index contributed by atoms with van der Waals surface area (Å²) in [6.07, 6.45) is 3.81. The summed E-state index contributed by atoms with van der Waals surface area (Å²) < 4.78 is 17.0. The van der Waals surface area contributed by atoms with E-state index in [-0.39, 0.29) is 0 Å². The summed E-state index contributed by atoms with van der Waals surface area (Å²) in [7, 11) is 4.08. The second-order valence-corrected chi connectivity index (χ2v) is 9.19. The van der Waals surface area contributed by atoms with Crippen molar-refractivity contribution < 1.29 is 14.2 Å². The number of H-pyrrole nitrogens is 1. The van der Waals surface area contributed by atoms with Gasteiger partial charge in [-0.25, -0.2) is 0 Å². The first kappa shape index (κ1) is 24.4. The number of nitrogens with one attached hydrogen (secondary N) is 2. The van der Waals surface area contributed by atoms with E-state index >= 15 is 0 Å². The Bertz CT molecular complexity index is 1170. The van der Waals surface area contributed by atoms with Gasteiger partial charge >= 0.3 is 0 Å². The Balaban J connectivity index is 1.28. The van der Waals surface area contributed by atoms with Crippen LogP contribution in [0.5, 0.6) is 5.88 Å². The number of anilines is 3. The van der Waals surface area contributed by atoms with Crippen LogP contribution in [0.3, 0.4) is 0 Å². The van der Waals surface area contributed by atoms with E-state index in [0.29, 0.717) is 25.7 Å². The van der Waals surface area contributed by atoms with Crippen LogP contribution < -0.4 is 20.0 Å². The van der Waals surface area contributed by atoms with Gasteiger partial charge in [0.05, 0.1) is 38.3 Å². The van der Waals surface area contributed by atoms with Crippen LogP contribution in [0.1, 0.15) is 5.56 Å². The molecule has 2 aromatic heterocycles. The maximum atomic E-state index is 6.07. The molecule has 5 rings (SSSR count). The van der Waals surface area contributed by atoms with E-state index in [9.17, 15) is 0 Å². The van der Waals surface area contributed by atoms with E-state index in [2.05, 4.69) is 48.4 Å². The normalized spacial score (nSPS) is 17.1. The molecule has 2 aliphatic heterocycles. The fourth-order valence-electron chi connectivity index (χ4n) is 4.39. The van der Waals surface area contributed by atoms with Crippen molar-refractivity contribution >= 4 is 34.3 Å². The zero-order valence-corrected chi connectivity index (χ0v) is 21.1. The van der Waals surface area contributed by atoms with Gasteiger partial charge in [-0.2, -0.15) is 10.1 Å². The summed E-state index contributed by atoms with van der Waals surface area (Å²) in [5, 5.41) is 5.65. The predicted molar refractivity (Wildman–Crippen MR) is 144 cm³/mol. The fraction of sp³-hybridized carbons (Fsp3) is 0.462. The lowest BCUT2D eigenvalue weighted by Gasteiger charge is -2.28. The number of hydrazone groups is 1. The van der Waals surface area contributed by atoms with Crippen LogP contribution in [0.4, 0.5) is 17.2 Å². The van der Waals surface area contributed by atoms with E-state index in [1.165, 1.54) is 0 Å². The van der Waals surface area contributed by atoms with Crippen molar-refractivity contribution in [3.8, 4) is 5.88 Å². The molecule has 2 saturated heterocycles. The molecule has 0 radical (unpaired) electrons. The number of aromatic nitrogens is 2. The second kappa shape index (κ2) is 11.6. The molecule has 1 aromatic carbocycles. The van der Waals surface area contributed by atoms with Gasteiger partial charge in [-0.1, -0.05) is 6.07 Å². The third-order valence-corrected chi connectivity index (χ3v) is 6.50. The molecule has 2 fully saturated rings. The molecule has 2 N–H and O–H groups in total. The molecule has 192 valence electrons. The second-order valence-electron chi connectivity index (χ2n) is 9.19. The highest BCUT2D eigenvalue weighted by Gasteiger charge is 2.16. The molecule has 36 heavy (non-hydrogen) atoms. The number of fused-ring (bicyclic) bond motifs is 1. The number of rotatable bonds is 9. The van der Waals surface area contributed by atoms with Crippen molar-refractivity contribution in [3.05, 3.63) is 42.1 Å². The Morgan fingerprint density at radius 2 is 1.86 bits per heavy atom. The molecule has 2 aliphatic rings. The van der Waals surface area contributed by atoms with Crippen LogP contribution in [0.25, 0.3) is 10.9 Å². The highest BCUT2D eigenvalue weighted by atomic mass is 16.5. The molecular formula is C26H35N7O3. The highest BCUT2D eigenvalue weighted by molar-refractivity contribution is 6.00. The molecule has 0 saturated carbocycles. The van der Waals surface area contributed by atoms with E-state index < -0.39 is 0 Å². The van der Waals surface area contributed by atoms with Crippen LogP contribution in [0.2, 0.25) is 0 Å². The largest absolute Gasteiger partial charge is 0.476 e. The summed E-state index contributed by atoms with van der Waals surface area (Å²) >= 11 is 0. The average Bonchev–Trinajstić information content (AvgIpc) is 3.32. The summed E-state index contributed by atoms with van der Waals surface area (Å²) in [5.41, 5.74) is 7.27. The molecule has 0 spiro atoms. The van der Waals surface area contributed by atoms with Crippen LogP contribution >= 0.6 is 0 Å². The molecule has 3 aromatic rings. The zero-order valence-electron chi connectivity index (χ0n) is 21.1. The SMILES string of the molecule is CN(C)c1ccc2c(/C=N/Nc3cc(OCCN4CCOCC4)nc(N4CCOCC4)c3)c[nH]c2c1. The highest BCUT2D eigenvalue weighted by Crippen LogP contribution is 2.25. The van der Waals surface area contributed by atoms with Crippen LogP contribution in [0.15, 0.2) is 41.6 Å². The van der Waals surface area contributed by atoms with E-state index in [0.717, 1.165) is 79.6 Å². The molecule has 0 bridgehead atoms. The topological polar surface area (TPSA) is 90.5 Å². The Morgan fingerprint density at radius 1 is 1.08 bits per heavy atom. The molecule has 0 atom stereocenters. The van der Waals surface area contributed by atoms with Crippen molar-refractivity contribution in [2.45, 2.75) is 0 Å². The van der Waals surface area contributed by atoms with Crippen LogP contribution in [0, 0.1) is 0 Å². The first-order chi connectivity index (χ1) is 17.7. The van der Waals surface area contributed by atoms with Gasteiger partial charge in [0.1, 0.15) is 12.4 Å². The van der Waals surface area contributed by atoms with Crippen molar-refractivity contribution in [3.63, 3.8) is 0 Å². The van der Waals surface area contributed by atoms with E-state index in [1.807, 2.05) is 38.6 Å². The van der Waals surface area contributed by atoms with Crippen LogP contribution in [-0.4, -0.2) is 101 Å². The van der Waals surface area contributed by atoms with Crippen molar-refractivity contribution in [1.82, 2.24) is 14.9 Å². The smallest absolute Gasteiger partial charge is 0.217 e. The third-order valence-electron chi connectivity index (χ3n) is 6.50. The molecular weight excluding hydrogens is 458 g/mol. The Kier molecular flexibility index (Phi) is 7.85. The Labute approximate surface area is 211 Å². The minimum atomic E-state index is 0.576. The van der Waals surface area contributed by atoms with Crippen molar-refractivity contribution in [1.29, 1.82) is 0 Å². The van der Waals surface area contributed by atoms with Crippen molar-refractivity contribution in [2.75, 3.05) is 95.1 Å². The van der Waals surface area contributed by atoms with Gasteiger partial charge in [-0.15, -0.1) is 0 Å². The standard InChI is InChI=1S/C26H35N7O3/c1-31(2)22-3-4-23-20(18-27-24(23)17-22)19-28-30-21-15-25(33-8-12-35-13-9-33)29-26(16-21)36-14-7-32-5-10-34-11-6-32/h3-4,15-19,27H,5-14H2,1-2H3,(H,29,30)/b28-19+. The first-order valence-electron chi connectivity index (χ1n) is 12.5. The minimum absolute atomic E-state index is 0.576. The number of ether oxygens (including phenoxy) is 3. The summed E-state index contributed by atoms with van der Waals surface area (Å²) in [4.78, 5) is 14.8. The molecule has 10 nitrogen and oxygen atoms in total. The van der Waals surface area contributed by atoms with E-state index in [1.54, 1.807) is 0 Å². The minimum Gasteiger partial charge on any atom is -0.476 e. The van der Waals surface area contributed by atoms with Crippen molar-refractivity contribution in [2.24, 2.45) is 5.10 Å². The van der Waals surface area contributed by atoms with Gasteiger partial charge in [0.25, 0.3) is 0 Å². The number of nitrogens with zero attached hydrogens (tertiary/aromatic N) is 5. The number of benzene rings is 1. The van der Waals surface area contributed by atoms with Gasteiger partial charge in [0.2, 0.25) is 5.88 Å². The molecule has 10 heteroatoms. The maximum Gasteiger partial charge on any atom is 0.217 e. The zero-order chi connectivity index (χ0) is 24.7. The van der Waals surface area contributed by atoms with Gasteiger partial charge in [0, 0.05) is 87.3 Å². The predicted octanol–water partition coefficient (Wildman–Crippen LogP) is 2.62. The molecule has 0 amide bonds. The number of aromatic amines is 1. The van der Waals surface area contributed by atoms with Crippen LogP contribution in [-0.2, 0) is 9.47 Å². The third kappa shape index (κ3) is 6.07. The lowest BCUT2D eigenvalue weighted by molar-refractivity contribution is 0.0320. The lowest BCUT2D eigenvalue weighted by atomic mass is 10.1. The van der Waals surface area contributed by atoms with Gasteiger partial charge in [-0.05, 0) is 12.1 Å². The monoisotopic (exact) mass is 493 g/mol. The number of hydrogen-bond donors (Lipinski definition) is 2. The van der Waals surface area contributed by atoms with E-state index in [4.69, 9.17) is 19.2 Å². The summed E-state index contributed by atoms with van der Waals surface area (Å²) in [6.45, 7) is 7.87. The first-order valence-corrected chi connectivity index (χ1v) is 12.5. The molecule has 0 aliphatic carbocycles. The summed E-state index contributed by atoms with van der Waals surface area (Å²) in [5.74, 6) is 1.46. The molecule has 0 unspecified atom stereocenters. The van der Waals surface area contributed by atoms with Gasteiger partial charge in [0.15, 0.2) is 0 Å². The Hall–Kier alpha value is -3.34. The average molecular weight is 494 g/mol. The quantitative estimate of drug-likeness (QED) is 0.347.